The number of rotatable bonds is 6. The number of benzene rings is 2. The molecule has 0 aliphatic heterocycles. The van der Waals surface area contributed by atoms with Gasteiger partial charge in [-0.2, -0.15) is 0 Å². The molecule has 0 unspecified atom stereocenters. The van der Waals surface area contributed by atoms with E-state index in [2.05, 4.69) is 5.32 Å². The van der Waals surface area contributed by atoms with Crippen molar-refractivity contribution < 1.29 is 18.7 Å². The van der Waals surface area contributed by atoms with Crippen molar-refractivity contribution in [2.45, 2.75) is 6.92 Å². The highest BCUT2D eigenvalue weighted by Crippen LogP contribution is 2.25. The predicted octanol–water partition coefficient (Wildman–Crippen LogP) is 3.56. The van der Waals surface area contributed by atoms with Gasteiger partial charge in [0, 0.05) is 5.39 Å². The Bertz CT molecular complexity index is 836. The number of fused-ring (bicyclic) bond motifs is 1. The molecular formula is C19H19NO4. The molecule has 3 rings (SSSR count). The topological polar surface area (TPSA) is 60.7 Å². The maximum atomic E-state index is 12.4. The van der Waals surface area contributed by atoms with E-state index in [-0.39, 0.29) is 5.91 Å². The fourth-order valence-electron chi connectivity index (χ4n) is 2.54. The number of para-hydroxylation sites is 1. The first-order valence-corrected chi connectivity index (χ1v) is 7.72. The van der Waals surface area contributed by atoms with E-state index in [0.717, 1.165) is 22.5 Å². The van der Waals surface area contributed by atoms with Gasteiger partial charge in [0.05, 0.1) is 19.2 Å². The van der Waals surface area contributed by atoms with Crippen molar-refractivity contribution in [3.8, 4) is 11.5 Å². The van der Waals surface area contributed by atoms with Gasteiger partial charge in [-0.3, -0.25) is 4.79 Å². The normalized spacial score (nSPS) is 10.6. The summed E-state index contributed by atoms with van der Waals surface area (Å²) in [7, 11) is 1.62. The third-order valence-electron chi connectivity index (χ3n) is 3.71. The van der Waals surface area contributed by atoms with Crippen LogP contribution in [0.4, 0.5) is 0 Å². The molecule has 0 atom stereocenters. The maximum absolute atomic E-state index is 12.4. The third kappa shape index (κ3) is 3.35. The molecular weight excluding hydrogens is 306 g/mol. The van der Waals surface area contributed by atoms with Crippen LogP contribution < -0.4 is 14.8 Å². The lowest BCUT2D eigenvalue weighted by Crippen LogP contribution is -2.28. The van der Waals surface area contributed by atoms with Crippen molar-refractivity contribution in [2.75, 3.05) is 20.3 Å². The standard InChI is InChI=1S/C19H19NO4/c1-13-18(16-5-3-4-6-17(16)24-13)19(21)20-11-12-23-15-9-7-14(22-2)8-10-15/h3-10H,11-12H2,1-2H3,(H,20,21). The van der Waals surface area contributed by atoms with Crippen LogP contribution in [0.1, 0.15) is 16.1 Å². The summed E-state index contributed by atoms with van der Waals surface area (Å²) in [6.45, 7) is 2.58. The van der Waals surface area contributed by atoms with Gasteiger partial charge in [0.25, 0.3) is 5.91 Å². The second-order valence-corrected chi connectivity index (χ2v) is 5.31. The molecule has 0 saturated carbocycles. The highest BCUT2D eigenvalue weighted by molar-refractivity contribution is 6.07. The molecule has 0 aliphatic carbocycles. The molecule has 2 aromatic carbocycles. The molecule has 0 bridgehead atoms. The number of ether oxygens (including phenoxy) is 2. The van der Waals surface area contributed by atoms with Gasteiger partial charge in [-0.15, -0.1) is 0 Å². The Morgan fingerprint density at radius 3 is 2.54 bits per heavy atom. The molecule has 1 heterocycles. The van der Waals surface area contributed by atoms with Gasteiger partial charge in [-0.25, -0.2) is 0 Å². The average Bonchev–Trinajstić information content (AvgIpc) is 2.95. The van der Waals surface area contributed by atoms with Crippen molar-refractivity contribution in [3.05, 3.63) is 59.9 Å². The molecule has 24 heavy (non-hydrogen) atoms. The van der Waals surface area contributed by atoms with Crippen LogP contribution in [-0.2, 0) is 0 Å². The quantitative estimate of drug-likeness (QED) is 0.704. The third-order valence-corrected chi connectivity index (χ3v) is 3.71. The summed E-state index contributed by atoms with van der Waals surface area (Å²) in [5, 5.41) is 3.68. The Morgan fingerprint density at radius 1 is 1.08 bits per heavy atom. The van der Waals surface area contributed by atoms with Gasteiger partial charge in [0.15, 0.2) is 0 Å². The number of hydrogen-bond acceptors (Lipinski definition) is 4. The number of carbonyl (C=O) groups excluding carboxylic acids is 1. The number of furan rings is 1. The van der Waals surface area contributed by atoms with E-state index in [1.54, 1.807) is 14.0 Å². The molecule has 0 aliphatic rings. The van der Waals surface area contributed by atoms with Crippen LogP contribution in [0.5, 0.6) is 11.5 Å². The van der Waals surface area contributed by atoms with E-state index in [1.165, 1.54) is 0 Å². The molecule has 1 amide bonds. The van der Waals surface area contributed by atoms with Crippen LogP contribution in [-0.4, -0.2) is 26.2 Å². The molecule has 0 spiro atoms. The van der Waals surface area contributed by atoms with E-state index in [1.807, 2.05) is 48.5 Å². The first-order valence-electron chi connectivity index (χ1n) is 7.72. The van der Waals surface area contributed by atoms with Crippen molar-refractivity contribution >= 4 is 16.9 Å². The minimum atomic E-state index is -0.157. The van der Waals surface area contributed by atoms with Crippen LogP contribution >= 0.6 is 0 Å². The van der Waals surface area contributed by atoms with E-state index < -0.39 is 0 Å². The Labute approximate surface area is 140 Å². The lowest BCUT2D eigenvalue weighted by Gasteiger charge is -2.08. The summed E-state index contributed by atoms with van der Waals surface area (Å²) in [6.07, 6.45) is 0. The first-order chi connectivity index (χ1) is 11.7. The van der Waals surface area contributed by atoms with E-state index >= 15 is 0 Å². The smallest absolute Gasteiger partial charge is 0.255 e. The van der Waals surface area contributed by atoms with Crippen LogP contribution in [0.25, 0.3) is 11.0 Å². The van der Waals surface area contributed by atoms with Crippen molar-refractivity contribution in [1.29, 1.82) is 0 Å². The van der Waals surface area contributed by atoms with Gasteiger partial charge < -0.3 is 19.2 Å². The Morgan fingerprint density at radius 2 is 1.79 bits per heavy atom. The first kappa shape index (κ1) is 15.9. The second kappa shape index (κ2) is 7.08. The zero-order chi connectivity index (χ0) is 16.9. The molecule has 1 aromatic heterocycles. The van der Waals surface area contributed by atoms with Crippen LogP contribution in [0, 0.1) is 6.92 Å². The number of hydrogen-bond donors (Lipinski definition) is 1. The number of carbonyl (C=O) groups is 1. The van der Waals surface area contributed by atoms with Gasteiger partial charge in [-0.1, -0.05) is 18.2 Å². The van der Waals surface area contributed by atoms with Gasteiger partial charge in [0.2, 0.25) is 0 Å². The number of nitrogens with one attached hydrogen (secondary N) is 1. The molecule has 1 N–H and O–H groups in total. The van der Waals surface area contributed by atoms with Crippen LogP contribution in [0.15, 0.2) is 52.9 Å². The van der Waals surface area contributed by atoms with Gasteiger partial charge in [0.1, 0.15) is 29.4 Å². The van der Waals surface area contributed by atoms with Crippen molar-refractivity contribution in [1.82, 2.24) is 5.32 Å². The second-order valence-electron chi connectivity index (χ2n) is 5.31. The minimum Gasteiger partial charge on any atom is -0.497 e. The lowest BCUT2D eigenvalue weighted by atomic mass is 10.1. The Kier molecular flexibility index (Phi) is 4.70. The van der Waals surface area contributed by atoms with Crippen molar-refractivity contribution in [2.24, 2.45) is 0 Å². The van der Waals surface area contributed by atoms with Crippen molar-refractivity contribution in [3.63, 3.8) is 0 Å². The Balaban J connectivity index is 1.56. The van der Waals surface area contributed by atoms with Gasteiger partial charge >= 0.3 is 0 Å². The molecule has 5 heteroatoms. The summed E-state index contributed by atoms with van der Waals surface area (Å²) in [4.78, 5) is 12.4. The van der Waals surface area contributed by atoms with E-state index in [4.69, 9.17) is 13.9 Å². The summed E-state index contributed by atoms with van der Waals surface area (Å²) in [5.74, 6) is 1.97. The fraction of sp³-hybridized carbons (Fsp3) is 0.211. The molecule has 5 nitrogen and oxygen atoms in total. The fourth-order valence-corrected chi connectivity index (χ4v) is 2.54. The van der Waals surface area contributed by atoms with E-state index in [9.17, 15) is 4.79 Å². The number of methoxy groups -OCH3 is 1. The lowest BCUT2D eigenvalue weighted by molar-refractivity contribution is 0.0947. The monoisotopic (exact) mass is 325 g/mol. The SMILES string of the molecule is COc1ccc(OCCNC(=O)c2c(C)oc3ccccc23)cc1. The summed E-state index contributed by atoms with van der Waals surface area (Å²) < 4.78 is 16.3. The molecule has 0 radical (unpaired) electrons. The summed E-state index contributed by atoms with van der Waals surface area (Å²) in [6, 6.07) is 14.8. The molecule has 0 saturated heterocycles. The number of aryl methyl sites for hydroxylation is 1. The molecule has 3 aromatic rings. The van der Waals surface area contributed by atoms with Gasteiger partial charge in [-0.05, 0) is 37.3 Å². The van der Waals surface area contributed by atoms with Crippen LogP contribution in [0.2, 0.25) is 0 Å². The predicted molar refractivity (Wildman–Crippen MR) is 91.8 cm³/mol. The highest BCUT2D eigenvalue weighted by atomic mass is 16.5. The maximum Gasteiger partial charge on any atom is 0.255 e. The minimum absolute atomic E-state index is 0.157. The molecule has 124 valence electrons. The average molecular weight is 325 g/mol. The zero-order valence-electron chi connectivity index (χ0n) is 13.7. The van der Waals surface area contributed by atoms with E-state index in [0.29, 0.717) is 24.5 Å². The largest absolute Gasteiger partial charge is 0.497 e. The summed E-state index contributed by atoms with van der Waals surface area (Å²) >= 11 is 0. The summed E-state index contributed by atoms with van der Waals surface area (Å²) in [5.41, 5.74) is 1.30. The highest BCUT2D eigenvalue weighted by Gasteiger charge is 2.17. The molecule has 0 fully saturated rings. The zero-order valence-corrected chi connectivity index (χ0v) is 13.7. The number of amides is 1. The Hall–Kier alpha value is -2.95. The van der Waals surface area contributed by atoms with Crippen LogP contribution in [0.3, 0.4) is 0 Å².